The van der Waals surface area contributed by atoms with E-state index in [1.54, 1.807) is 0 Å². The summed E-state index contributed by atoms with van der Waals surface area (Å²) >= 11 is 0. The predicted octanol–water partition coefficient (Wildman–Crippen LogP) is 2.40. The van der Waals surface area contributed by atoms with Crippen LogP contribution in [0.5, 0.6) is 0 Å². The quantitative estimate of drug-likeness (QED) is 0.867. The van der Waals surface area contributed by atoms with Crippen LogP contribution >= 0.6 is 0 Å². The second kappa shape index (κ2) is 7.18. The second-order valence-corrected chi connectivity index (χ2v) is 6.42. The monoisotopic (exact) mass is 280 g/mol. The highest BCUT2D eigenvalue weighted by molar-refractivity contribution is 4.92. The molecule has 1 fully saturated rings. The molecule has 5 nitrogen and oxygen atoms in total. The largest absolute Gasteiger partial charge is 0.338 e. The van der Waals surface area contributed by atoms with Crippen molar-refractivity contribution < 1.29 is 4.52 Å². The molecule has 2 rings (SSSR count). The molecule has 1 aliphatic rings. The van der Waals surface area contributed by atoms with Gasteiger partial charge in [-0.1, -0.05) is 19.0 Å². The lowest BCUT2D eigenvalue weighted by atomic mass is 9.97. The molecule has 0 aliphatic carbocycles. The highest BCUT2D eigenvalue weighted by atomic mass is 16.5. The number of nitrogens with zero attached hydrogens (tertiary/aromatic N) is 3. The fraction of sp³-hybridized carbons (Fsp3) is 0.867. The van der Waals surface area contributed by atoms with E-state index in [0.717, 1.165) is 43.8 Å². The second-order valence-electron chi connectivity index (χ2n) is 6.42. The Bertz CT molecular complexity index is 396. The summed E-state index contributed by atoms with van der Waals surface area (Å²) in [6.07, 6.45) is 2.54. The summed E-state index contributed by atoms with van der Waals surface area (Å²) in [6.45, 7) is 12.8. The van der Waals surface area contributed by atoms with E-state index in [0.29, 0.717) is 12.0 Å². The van der Waals surface area contributed by atoms with Crippen molar-refractivity contribution in [3.8, 4) is 0 Å². The van der Waals surface area contributed by atoms with E-state index < -0.39 is 0 Å². The Balaban J connectivity index is 1.93. The van der Waals surface area contributed by atoms with Gasteiger partial charge in [0.2, 0.25) is 5.89 Å². The molecule has 1 aromatic heterocycles. The van der Waals surface area contributed by atoms with Gasteiger partial charge in [0.1, 0.15) is 0 Å². The third-order valence-electron chi connectivity index (χ3n) is 4.02. The van der Waals surface area contributed by atoms with Crippen LogP contribution < -0.4 is 5.32 Å². The first kappa shape index (κ1) is 15.4. The van der Waals surface area contributed by atoms with Gasteiger partial charge < -0.3 is 9.84 Å². The summed E-state index contributed by atoms with van der Waals surface area (Å²) in [4.78, 5) is 6.95. The van der Waals surface area contributed by atoms with Gasteiger partial charge in [-0.25, -0.2) is 0 Å². The Morgan fingerprint density at radius 1 is 1.25 bits per heavy atom. The van der Waals surface area contributed by atoms with Crippen molar-refractivity contribution in [3.05, 3.63) is 11.7 Å². The molecule has 114 valence electrons. The van der Waals surface area contributed by atoms with E-state index in [4.69, 9.17) is 4.52 Å². The number of hydrogen-bond donors (Lipinski definition) is 1. The molecule has 1 saturated heterocycles. The molecule has 20 heavy (non-hydrogen) atoms. The van der Waals surface area contributed by atoms with Crippen molar-refractivity contribution >= 4 is 0 Å². The molecule has 1 N–H and O–H groups in total. The van der Waals surface area contributed by atoms with Gasteiger partial charge >= 0.3 is 0 Å². The van der Waals surface area contributed by atoms with Crippen LogP contribution in [0, 0.1) is 5.92 Å². The Morgan fingerprint density at radius 2 is 1.95 bits per heavy atom. The Morgan fingerprint density at radius 3 is 2.50 bits per heavy atom. The fourth-order valence-corrected chi connectivity index (χ4v) is 2.59. The normalized spacial score (nSPS) is 17.6. The van der Waals surface area contributed by atoms with Gasteiger partial charge in [-0.2, -0.15) is 4.98 Å². The Hall–Kier alpha value is -0.940. The summed E-state index contributed by atoms with van der Waals surface area (Å²) in [5, 5.41) is 7.48. The summed E-state index contributed by atoms with van der Waals surface area (Å²) in [6, 6.07) is 0.499. The zero-order valence-corrected chi connectivity index (χ0v) is 13.2. The highest BCUT2D eigenvalue weighted by Crippen LogP contribution is 2.18. The van der Waals surface area contributed by atoms with E-state index >= 15 is 0 Å². The molecule has 0 atom stereocenters. The van der Waals surface area contributed by atoms with Crippen LogP contribution in [0.4, 0.5) is 0 Å². The van der Waals surface area contributed by atoms with Gasteiger partial charge in [-0.15, -0.1) is 0 Å². The molecule has 0 spiro atoms. The molecule has 0 aromatic carbocycles. The molecule has 0 saturated carbocycles. The minimum absolute atomic E-state index is 0.324. The van der Waals surface area contributed by atoms with Gasteiger partial charge in [0, 0.05) is 18.5 Å². The van der Waals surface area contributed by atoms with Gasteiger partial charge in [0.15, 0.2) is 5.82 Å². The van der Waals surface area contributed by atoms with Gasteiger partial charge in [0.05, 0.1) is 6.54 Å². The zero-order valence-electron chi connectivity index (χ0n) is 13.2. The standard InChI is InChI=1S/C15H28N4O/c1-11(2)15-17-14(20-18-15)10-19(12(3)4)9-13-5-7-16-8-6-13/h11-13,16H,5-10H2,1-4H3. The van der Waals surface area contributed by atoms with E-state index in [9.17, 15) is 0 Å². The van der Waals surface area contributed by atoms with E-state index in [1.165, 1.54) is 12.8 Å². The average molecular weight is 280 g/mol. The topological polar surface area (TPSA) is 54.2 Å². The predicted molar refractivity (Wildman–Crippen MR) is 79.5 cm³/mol. The molecule has 0 bridgehead atoms. The van der Waals surface area contributed by atoms with E-state index in [1.807, 2.05) is 0 Å². The molecular weight excluding hydrogens is 252 g/mol. The van der Waals surface area contributed by atoms with Crippen LogP contribution in [0.1, 0.15) is 58.2 Å². The molecule has 1 aromatic rings. The summed E-state index contributed by atoms with van der Waals surface area (Å²) in [5.41, 5.74) is 0. The lowest BCUT2D eigenvalue weighted by molar-refractivity contribution is 0.144. The lowest BCUT2D eigenvalue weighted by Crippen LogP contribution is -2.39. The van der Waals surface area contributed by atoms with E-state index in [-0.39, 0.29) is 0 Å². The van der Waals surface area contributed by atoms with Crippen molar-refractivity contribution in [1.29, 1.82) is 0 Å². The number of hydrogen-bond acceptors (Lipinski definition) is 5. The molecule has 0 radical (unpaired) electrons. The summed E-state index contributed by atoms with van der Waals surface area (Å²) in [7, 11) is 0. The van der Waals surface area contributed by atoms with Crippen LogP contribution in [0.2, 0.25) is 0 Å². The third-order valence-corrected chi connectivity index (χ3v) is 4.02. The average Bonchev–Trinajstić information content (AvgIpc) is 2.88. The maximum absolute atomic E-state index is 5.38. The van der Waals surface area contributed by atoms with Crippen molar-refractivity contribution in [1.82, 2.24) is 20.4 Å². The molecule has 5 heteroatoms. The highest BCUT2D eigenvalue weighted by Gasteiger charge is 2.21. The molecular formula is C15H28N4O. The Labute approximate surface area is 122 Å². The van der Waals surface area contributed by atoms with Crippen molar-refractivity contribution in [3.63, 3.8) is 0 Å². The zero-order chi connectivity index (χ0) is 14.5. The van der Waals surface area contributed by atoms with Crippen LogP contribution in [-0.4, -0.2) is 40.7 Å². The summed E-state index contributed by atoms with van der Waals surface area (Å²) < 4.78 is 5.38. The van der Waals surface area contributed by atoms with Gasteiger partial charge in [0.25, 0.3) is 0 Å². The maximum Gasteiger partial charge on any atom is 0.240 e. The molecule has 0 unspecified atom stereocenters. The summed E-state index contributed by atoms with van der Waals surface area (Å²) in [5.74, 6) is 2.66. The smallest absolute Gasteiger partial charge is 0.240 e. The van der Waals surface area contributed by atoms with Gasteiger partial charge in [-0.3, -0.25) is 4.90 Å². The number of nitrogens with one attached hydrogen (secondary N) is 1. The first-order valence-electron chi connectivity index (χ1n) is 7.83. The number of piperidine rings is 1. The number of aromatic nitrogens is 2. The third kappa shape index (κ3) is 4.28. The molecule has 2 heterocycles. The van der Waals surface area contributed by atoms with Crippen LogP contribution in [0.3, 0.4) is 0 Å². The SMILES string of the molecule is CC(C)c1noc(CN(CC2CCNCC2)C(C)C)n1. The fourth-order valence-electron chi connectivity index (χ4n) is 2.59. The number of rotatable bonds is 6. The minimum atomic E-state index is 0.324. The van der Waals surface area contributed by atoms with E-state index in [2.05, 4.69) is 48.1 Å². The Kier molecular flexibility index (Phi) is 5.54. The lowest BCUT2D eigenvalue weighted by Gasteiger charge is -2.31. The first-order chi connectivity index (χ1) is 9.56. The van der Waals surface area contributed by atoms with Crippen molar-refractivity contribution in [2.24, 2.45) is 5.92 Å². The van der Waals surface area contributed by atoms with Crippen molar-refractivity contribution in [2.45, 2.75) is 59.0 Å². The minimum Gasteiger partial charge on any atom is -0.338 e. The van der Waals surface area contributed by atoms with Crippen LogP contribution in [0.25, 0.3) is 0 Å². The van der Waals surface area contributed by atoms with Crippen LogP contribution in [-0.2, 0) is 6.54 Å². The molecule has 1 aliphatic heterocycles. The molecule has 0 amide bonds. The van der Waals surface area contributed by atoms with Crippen molar-refractivity contribution in [2.75, 3.05) is 19.6 Å². The van der Waals surface area contributed by atoms with Crippen LogP contribution in [0.15, 0.2) is 4.52 Å². The van der Waals surface area contributed by atoms with Gasteiger partial charge in [-0.05, 0) is 45.7 Å². The first-order valence-corrected chi connectivity index (χ1v) is 7.83. The maximum atomic E-state index is 5.38.